The van der Waals surface area contributed by atoms with E-state index in [9.17, 15) is 0 Å². The number of rotatable bonds is 3. The molecule has 1 atom stereocenters. The second-order valence-electron chi connectivity index (χ2n) is 5.00. The fourth-order valence-electron chi connectivity index (χ4n) is 2.33. The Kier molecular flexibility index (Phi) is 3.68. The molecule has 0 fully saturated rings. The van der Waals surface area contributed by atoms with Crippen molar-refractivity contribution in [3.05, 3.63) is 63.9 Å². The van der Waals surface area contributed by atoms with Crippen molar-refractivity contribution in [2.75, 3.05) is 0 Å². The van der Waals surface area contributed by atoms with Crippen molar-refractivity contribution in [1.29, 1.82) is 0 Å². The zero-order valence-electron chi connectivity index (χ0n) is 11.0. The monoisotopic (exact) mass is 304 g/mol. The van der Waals surface area contributed by atoms with E-state index in [-0.39, 0.29) is 0 Å². The van der Waals surface area contributed by atoms with Crippen LogP contribution < -0.4 is 0 Å². The molecule has 0 aliphatic carbocycles. The Labute approximate surface area is 127 Å². The van der Waals surface area contributed by atoms with Crippen molar-refractivity contribution in [1.82, 2.24) is 9.97 Å². The van der Waals surface area contributed by atoms with Crippen molar-refractivity contribution in [3.8, 4) is 0 Å². The second kappa shape index (κ2) is 5.47. The lowest BCUT2D eigenvalue weighted by Gasteiger charge is -2.09. The normalized spacial score (nSPS) is 12.8. The lowest BCUT2D eigenvalue weighted by molar-refractivity contribution is 0.729. The smallest absolute Gasteiger partial charge is 0.107 e. The maximum Gasteiger partial charge on any atom is 0.107 e. The van der Waals surface area contributed by atoms with Crippen LogP contribution >= 0.6 is 23.2 Å². The zero-order valence-corrected chi connectivity index (χ0v) is 12.5. The molecule has 0 saturated heterocycles. The van der Waals surface area contributed by atoms with E-state index in [1.54, 1.807) is 0 Å². The van der Waals surface area contributed by atoms with Gasteiger partial charge in [0.25, 0.3) is 0 Å². The highest BCUT2D eigenvalue weighted by Crippen LogP contribution is 2.23. The van der Waals surface area contributed by atoms with Crippen molar-refractivity contribution in [2.24, 2.45) is 0 Å². The highest BCUT2D eigenvalue weighted by atomic mass is 35.5. The predicted octanol–water partition coefficient (Wildman–Crippen LogP) is 5.22. The van der Waals surface area contributed by atoms with Crippen molar-refractivity contribution >= 4 is 34.2 Å². The number of benzene rings is 2. The number of hydrogen-bond acceptors (Lipinski definition) is 1. The number of nitrogens with one attached hydrogen (secondary N) is 1. The van der Waals surface area contributed by atoms with Gasteiger partial charge in [0.1, 0.15) is 5.82 Å². The molecule has 20 heavy (non-hydrogen) atoms. The summed E-state index contributed by atoms with van der Waals surface area (Å²) in [5.41, 5.74) is 3.19. The van der Waals surface area contributed by atoms with E-state index in [2.05, 4.69) is 29.0 Å². The quantitative estimate of drug-likeness (QED) is 0.706. The highest BCUT2D eigenvalue weighted by molar-refractivity contribution is 6.31. The lowest BCUT2D eigenvalue weighted by atomic mass is 9.98. The van der Waals surface area contributed by atoms with Gasteiger partial charge in [0.15, 0.2) is 0 Å². The molecule has 0 bridgehead atoms. The van der Waals surface area contributed by atoms with E-state index >= 15 is 0 Å². The van der Waals surface area contributed by atoms with E-state index in [4.69, 9.17) is 23.2 Å². The molecule has 3 rings (SSSR count). The molecule has 1 N–H and O–H groups in total. The standard InChI is InChI=1S/C16H14Cl2N2/c1-10(11-2-4-12(17)5-3-11)8-16-19-14-7-6-13(18)9-15(14)20-16/h2-7,9-10H,8H2,1H3,(H,19,20). The number of nitrogens with zero attached hydrogens (tertiary/aromatic N) is 1. The van der Waals surface area contributed by atoms with Gasteiger partial charge in [-0.1, -0.05) is 42.3 Å². The predicted molar refractivity (Wildman–Crippen MR) is 84.7 cm³/mol. The molecule has 2 aromatic carbocycles. The van der Waals surface area contributed by atoms with E-state index in [1.165, 1.54) is 5.56 Å². The molecular formula is C16H14Cl2N2. The topological polar surface area (TPSA) is 28.7 Å². The molecule has 1 aromatic heterocycles. The van der Waals surface area contributed by atoms with Crippen LogP contribution in [0.15, 0.2) is 42.5 Å². The zero-order chi connectivity index (χ0) is 14.1. The van der Waals surface area contributed by atoms with Gasteiger partial charge in [-0.15, -0.1) is 0 Å². The minimum absolute atomic E-state index is 0.378. The third kappa shape index (κ3) is 2.82. The van der Waals surface area contributed by atoms with E-state index in [1.807, 2.05) is 30.3 Å². The van der Waals surface area contributed by atoms with Crippen LogP contribution in [-0.4, -0.2) is 9.97 Å². The number of hydrogen-bond donors (Lipinski definition) is 1. The number of aromatic amines is 1. The van der Waals surface area contributed by atoms with Crippen LogP contribution in [0.3, 0.4) is 0 Å². The largest absolute Gasteiger partial charge is 0.342 e. The second-order valence-corrected chi connectivity index (χ2v) is 5.87. The molecule has 0 aliphatic heterocycles. The Balaban J connectivity index is 1.83. The molecule has 3 aromatic rings. The SMILES string of the molecule is CC(Cc1nc2ccc(Cl)cc2[nH]1)c1ccc(Cl)cc1. The van der Waals surface area contributed by atoms with E-state index in [0.717, 1.165) is 33.3 Å². The number of aromatic nitrogens is 2. The number of fused-ring (bicyclic) bond motifs is 1. The van der Waals surface area contributed by atoms with E-state index in [0.29, 0.717) is 5.92 Å². The summed E-state index contributed by atoms with van der Waals surface area (Å²) in [6.07, 6.45) is 0.855. The van der Waals surface area contributed by atoms with Gasteiger partial charge < -0.3 is 4.98 Å². The van der Waals surface area contributed by atoms with Gasteiger partial charge in [0.05, 0.1) is 11.0 Å². The van der Waals surface area contributed by atoms with Crippen molar-refractivity contribution in [2.45, 2.75) is 19.3 Å². The number of imidazole rings is 1. The minimum Gasteiger partial charge on any atom is -0.342 e. The lowest BCUT2D eigenvalue weighted by Crippen LogP contribution is -1.99. The van der Waals surface area contributed by atoms with Crippen LogP contribution in [0.4, 0.5) is 0 Å². The molecule has 1 heterocycles. The van der Waals surface area contributed by atoms with Crippen LogP contribution in [0.2, 0.25) is 10.0 Å². The molecule has 4 heteroatoms. The summed E-state index contributed by atoms with van der Waals surface area (Å²) in [5.74, 6) is 1.35. The first-order valence-electron chi connectivity index (χ1n) is 6.51. The molecule has 0 amide bonds. The molecule has 0 spiro atoms. The maximum atomic E-state index is 5.98. The Bertz CT molecular complexity index is 732. The molecule has 0 aliphatic rings. The summed E-state index contributed by atoms with van der Waals surface area (Å²) in [6.45, 7) is 2.18. The molecule has 0 radical (unpaired) electrons. The summed E-state index contributed by atoms with van der Waals surface area (Å²) in [4.78, 5) is 7.92. The maximum absolute atomic E-state index is 5.98. The van der Waals surface area contributed by atoms with Gasteiger partial charge in [0, 0.05) is 16.5 Å². The summed E-state index contributed by atoms with van der Waals surface area (Å²) in [5, 5.41) is 1.48. The number of halogens is 2. The van der Waals surface area contributed by atoms with Crippen LogP contribution in [0.1, 0.15) is 24.2 Å². The van der Waals surface area contributed by atoms with Gasteiger partial charge in [-0.05, 0) is 41.8 Å². The number of H-pyrrole nitrogens is 1. The van der Waals surface area contributed by atoms with Crippen LogP contribution in [0.25, 0.3) is 11.0 Å². The molecular weight excluding hydrogens is 291 g/mol. The first kappa shape index (κ1) is 13.5. The fourth-order valence-corrected chi connectivity index (χ4v) is 2.63. The summed E-state index contributed by atoms with van der Waals surface area (Å²) < 4.78 is 0. The van der Waals surface area contributed by atoms with Crippen molar-refractivity contribution < 1.29 is 0 Å². The minimum atomic E-state index is 0.378. The third-order valence-corrected chi connectivity index (χ3v) is 3.92. The molecule has 2 nitrogen and oxygen atoms in total. The van der Waals surface area contributed by atoms with Crippen molar-refractivity contribution in [3.63, 3.8) is 0 Å². The van der Waals surface area contributed by atoms with Crippen LogP contribution in [-0.2, 0) is 6.42 Å². The van der Waals surface area contributed by atoms with Crippen LogP contribution in [0.5, 0.6) is 0 Å². The molecule has 1 unspecified atom stereocenters. The van der Waals surface area contributed by atoms with Gasteiger partial charge in [-0.3, -0.25) is 0 Å². The Morgan fingerprint density at radius 3 is 2.50 bits per heavy atom. The van der Waals surface area contributed by atoms with Gasteiger partial charge in [0.2, 0.25) is 0 Å². The molecule has 102 valence electrons. The van der Waals surface area contributed by atoms with Gasteiger partial charge in [-0.25, -0.2) is 4.98 Å². The summed E-state index contributed by atoms with van der Waals surface area (Å²) in [7, 11) is 0. The Hall–Kier alpha value is -1.51. The summed E-state index contributed by atoms with van der Waals surface area (Å²) in [6, 6.07) is 13.7. The van der Waals surface area contributed by atoms with Gasteiger partial charge in [-0.2, -0.15) is 0 Å². The van der Waals surface area contributed by atoms with Crippen LogP contribution in [0, 0.1) is 0 Å². The van der Waals surface area contributed by atoms with E-state index < -0.39 is 0 Å². The third-order valence-electron chi connectivity index (χ3n) is 3.43. The first-order valence-corrected chi connectivity index (χ1v) is 7.27. The summed E-state index contributed by atoms with van der Waals surface area (Å²) >= 11 is 11.9. The first-order chi connectivity index (χ1) is 9.61. The fraction of sp³-hybridized carbons (Fsp3) is 0.188. The Morgan fingerprint density at radius 1 is 1.05 bits per heavy atom. The average molecular weight is 305 g/mol. The average Bonchev–Trinajstić information content (AvgIpc) is 2.80. The highest BCUT2D eigenvalue weighted by Gasteiger charge is 2.10. The Morgan fingerprint density at radius 2 is 1.75 bits per heavy atom. The van der Waals surface area contributed by atoms with Gasteiger partial charge >= 0.3 is 0 Å². The molecule has 0 saturated carbocycles.